The van der Waals surface area contributed by atoms with Crippen molar-refractivity contribution in [2.24, 2.45) is 11.8 Å². The van der Waals surface area contributed by atoms with Crippen molar-refractivity contribution in [1.82, 2.24) is 14.5 Å². The molecule has 2 saturated heterocycles. The zero-order valence-electron chi connectivity index (χ0n) is 26.5. The molecular formula is C29H42ClN4O11P. The second-order valence-electron chi connectivity index (χ2n) is 12.1. The molecule has 2 aliphatic heterocycles. The average Bonchev–Trinajstić information content (AvgIpc) is 3.76. The second kappa shape index (κ2) is 15.5. The molecule has 1 aliphatic carbocycles. The van der Waals surface area contributed by atoms with Crippen LogP contribution in [-0.4, -0.2) is 84.8 Å². The number of aromatic nitrogens is 3. The Morgan fingerprint density at radius 3 is 2.22 bits per heavy atom. The van der Waals surface area contributed by atoms with E-state index >= 15 is 0 Å². The maximum Gasteiger partial charge on any atom is 0.510 e. The third-order valence-corrected chi connectivity index (χ3v) is 9.68. The number of carbonyl (C=O) groups is 2. The maximum atomic E-state index is 13.3. The highest BCUT2D eigenvalue weighted by Crippen LogP contribution is 2.48. The molecule has 4 heterocycles. The van der Waals surface area contributed by atoms with Crippen molar-refractivity contribution < 1.29 is 51.6 Å². The predicted octanol–water partition coefficient (Wildman–Crippen LogP) is 6.24. The van der Waals surface area contributed by atoms with Gasteiger partial charge in [0.25, 0.3) is 0 Å². The first kappa shape index (κ1) is 34.6. The largest absolute Gasteiger partial charge is 0.510 e. The molecule has 2 aromatic rings. The Morgan fingerprint density at radius 2 is 1.61 bits per heavy atom. The van der Waals surface area contributed by atoms with Crippen molar-refractivity contribution in [3.63, 3.8) is 0 Å². The minimum Gasteiger partial charge on any atom is -0.432 e. The van der Waals surface area contributed by atoms with Crippen LogP contribution in [0.1, 0.15) is 66.0 Å². The lowest BCUT2D eigenvalue weighted by molar-refractivity contribution is -0.0463. The summed E-state index contributed by atoms with van der Waals surface area (Å²) in [6.07, 6.45) is 3.07. The van der Waals surface area contributed by atoms with Gasteiger partial charge in [-0.05, 0) is 82.9 Å². The standard InChI is InChI=1S/C29H42ClN4O11P/c1-18(2)43-28(35)39-15-41-46(37,42-16-40-29(36)44-19(3)4)17-38-14-22-8-9-24(45-22)34-11-10-23-25(31-27(30)32-26(23)34)33-12-20-6-5-7-21(20)13-33/h10-11,18-22,24H,5-9,12-17H2,1-4H3/t20?,21?,22-,24+/m0/s1. The van der Waals surface area contributed by atoms with Crippen LogP contribution in [0.25, 0.3) is 11.0 Å². The van der Waals surface area contributed by atoms with Gasteiger partial charge in [-0.3, -0.25) is 13.6 Å². The molecule has 17 heteroatoms. The Kier molecular flexibility index (Phi) is 11.7. The molecule has 46 heavy (non-hydrogen) atoms. The Morgan fingerprint density at radius 1 is 0.978 bits per heavy atom. The number of anilines is 1. The van der Waals surface area contributed by atoms with Gasteiger partial charge in [0.1, 0.15) is 24.0 Å². The number of rotatable bonds is 14. The number of halogens is 1. The highest BCUT2D eigenvalue weighted by atomic mass is 35.5. The number of nitrogens with zero attached hydrogens (tertiary/aromatic N) is 4. The molecule has 5 rings (SSSR count). The molecule has 0 amide bonds. The van der Waals surface area contributed by atoms with Crippen molar-refractivity contribution >= 4 is 48.4 Å². The molecule has 0 bridgehead atoms. The molecule has 3 fully saturated rings. The lowest BCUT2D eigenvalue weighted by Crippen LogP contribution is -2.22. The van der Waals surface area contributed by atoms with Gasteiger partial charge >= 0.3 is 19.9 Å². The third kappa shape index (κ3) is 9.02. The van der Waals surface area contributed by atoms with Gasteiger partial charge in [-0.2, -0.15) is 9.97 Å². The molecule has 1 saturated carbocycles. The fraction of sp³-hybridized carbons (Fsp3) is 0.724. The lowest BCUT2D eigenvalue weighted by atomic mass is 10.0. The Bertz CT molecular complexity index is 1360. The van der Waals surface area contributed by atoms with Crippen LogP contribution < -0.4 is 4.90 Å². The van der Waals surface area contributed by atoms with Crippen molar-refractivity contribution in [3.8, 4) is 0 Å². The van der Waals surface area contributed by atoms with E-state index < -0.39 is 52.0 Å². The summed E-state index contributed by atoms with van der Waals surface area (Å²) in [6, 6.07) is 2.01. The number of ether oxygens (including phenoxy) is 6. The van der Waals surface area contributed by atoms with Gasteiger partial charge in [-0.1, -0.05) is 6.42 Å². The van der Waals surface area contributed by atoms with Crippen LogP contribution in [0.15, 0.2) is 12.3 Å². The highest BCUT2D eigenvalue weighted by Gasteiger charge is 2.38. The minimum atomic E-state index is -4.07. The first-order valence-electron chi connectivity index (χ1n) is 15.6. The highest BCUT2D eigenvalue weighted by molar-refractivity contribution is 7.53. The Hall–Kier alpha value is -2.68. The van der Waals surface area contributed by atoms with E-state index in [2.05, 4.69) is 14.9 Å². The van der Waals surface area contributed by atoms with E-state index in [1.165, 1.54) is 19.3 Å². The SMILES string of the molecule is CC(C)OC(=O)OCOP(=O)(COC[C@@H]1CC[C@H](n2ccc3c(N4CC5CCCC5C4)nc(Cl)nc32)O1)OCOC(=O)OC(C)C. The van der Waals surface area contributed by atoms with Crippen LogP contribution >= 0.6 is 19.2 Å². The molecule has 0 N–H and O–H groups in total. The summed E-state index contributed by atoms with van der Waals surface area (Å²) in [5.41, 5.74) is 0.705. The van der Waals surface area contributed by atoms with Crippen molar-refractivity contribution in [2.45, 2.75) is 84.3 Å². The quantitative estimate of drug-likeness (QED) is 0.0950. The molecule has 15 nitrogen and oxygen atoms in total. The van der Waals surface area contributed by atoms with Gasteiger partial charge in [0, 0.05) is 19.3 Å². The number of hydrogen-bond donors (Lipinski definition) is 0. The van der Waals surface area contributed by atoms with E-state index in [0.29, 0.717) is 30.3 Å². The van der Waals surface area contributed by atoms with E-state index in [0.717, 1.165) is 24.3 Å². The zero-order chi connectivity index (χ0) is 32.8. The number of hydrogen-bond acceptors (Lipinski definition) is 14. The number of fused-ring (bicyclic) bond motifs is 2. The van der Waals surface area contributed by atoms with Crippen LogP contribution in [0.4, 0.5) is 15.4 Å². The maximum absolute atomic E-state index is 13.3. The molecule has 3 aliphatic rings. The van der Waals surface area contributed by atoms with Gasteiger partial charge in [0.05, 0.1) is 30.3 Å². The molecule has 4 atom stereocenters. The first-order chi connectivity index (χ1) is 22.0. The molecule has 0 aromatic carbocycles. The molecule has 2 unspecified atom stereocenters. The monoisotopic (exact) mass is 688 g/mol. The van der Waals surface area contributed by atoms with E-state index in [4.69, 9.17) is 49.1 Å². The van der Waals surface area contributed by atoms with Gasteiger partial charge in [0.2, 0.25) is 18.9 Å². The van der Waals surface area contributed by atoms with E-state index in [-0.39, 0.29) is 24.2 Å². The summed E-state index contributed by atoms with van der Waals surface area (Å²) >= 11 is 6.41. The van der Waals surface area contributed by atoms with Gasteiger partial charge in [0.15, 0.2) is 0 Å². The minimum absolute atomic E-state index is 0.0659. The van der Waals surface area contributed by atoms with Crippen LogP contribution in [0, 0.1) is 11.8 Å². The van der Waals surface area contributed by atoms with Crippen molar-refractivity contribution in [3.05, 3.63) is 17.5 Å². The summed E-state index contributed by atoms with van der Waals surface area (Å²) in [5.74, 6) is 2.28. The summed E-state index contributed by atoms with van der Waals surface area (Å²) in [6.45, 7) is 7.13. The van der Waals surface area contributed by atoms with Crippen molar-refractivity contribution in [1.29, 1.82) is 0 Å². The summed E-state index contributed by atoms with van der Waals surface area (Å²) in [5, 5.41) is 1.12. The van der Waals surface area contributed by atoms with Gasteiger partial charge < -0.3 is 37.9 Å². The van der Waals surface area contributed by atoms with Crippen LogP contribution in [0.5, 0.6) is 0 Å². The summed E-state index contributed by atoms with van der Waals surface area (Å²) in [4.78, 5) is 34.8. The van der Waals surface area contributed by atoms with Gasteiger partial charge in [-0.25, -0.2) is 9.59 Å². The number of carbonyl (C=O) groups excluding carboxylic acids is 2. The second-order valence-corrected chi connectivity index (χ2v) is 14.5. The van der Waals surface area contributed by atoms with Gasteiger partial charge in [-0.15, -0.1) is 0 Å². The summed E-state index contributed by atoms with van der Waals surface area (Å²) < 4.78 is 56.9. The van der Waals surface area contributed by atoms with E-state index in [9.17, 15) is 14.2 Å². The summed E-state index contributed by atoms with van der Waals surface area (Å²) in [7, 11) is -4.07. The Balaban J connectivity index is 1.15. The molecule has 256 valence electrons. The van der Waals surface area contributed by atoms with E-state index in [1.807, 2.05) is 16.8 Å². The third-order valence-electron chi connectivity index (χ3n) is 8.02. The smallest absolute Gasteiger partial charge is 0.432 e. The average molecular weight is 689 g/mol. The molecule has 2 aromatic heterocycles. The predicted molar refractivity (Wildman–Crippen MR) is 164 cm³/mol. The Labute approximate surface area is 272 Å². The zero-order valence-corrected chi connectivity index (χ0v) is 28.2. The van der Waals surface area contributed by atoms with Crippen LogP contribution in [0.2, 0.25) is 5.28 Å². The topological polar surface area (TPSA) is 159 Å². The first-order valence-corrected chi connectivity index (χ1v) is 17.7. The van der Waals surface area contributed by atoms with Crippen LogP contribution in [0.3, 0.4) is 0 Å². The normalized spacial score (nSPS) is 23.0. The fourth-order valence-corrected chi connectivity index (χ4v) is 7.20. The van der Waals surface area contributed by atoms with E-state index in [1.54, 1.807) is 27.7 Å². The van der Waals surface area contributed by atoms with Crippen molar-refractivity contribution in [2.75, 3.05) is 44.5 Å². The molecular weight excluding hydrogens is 647 g/mol. The fourth-order valence-electron chi connectivity index (χ4n) is 6.06. The lowest BCUT2D eigenvalue weighted by Gasteiger charge is -2.21. The molecule has 0 spiro atoms. The van der Waals surface area contributed by atoms with Crippen LogP contribution in [-0.2, 0) is 42.0 Å². The molecule has 0 radical (unpaired) electrons.